The second-order valence-corrected chi connectivity index (χ2v) is 5.85. The molecule has 0 atom stereocenters. The second-order valence-electron chi connectivity index (χ2n) is 5.85. The molecule has 0 aliphatic carbocycles. The zero-order chi connectivity index (χ0) is 18.5. The molecule has 0 unspecified atom stereocenters. The summed E-state index contributed by atoms with van der Waals surface area (Å²) in [6.45, 7) is 2.51. The number of rotatable bonds is 6. The van der Waals surface area contributed by atoms with Crippen LogP contribution in [0.3, 0.4) is 0 Å². The maximum absolute atomic E-state index is 12.6. The molecule has 0 bridgehead atoms. The molecule has 0 radical (unpaired) electrons. The molecule has 1 heterocycles. The van der Waals surface area contributed by atoms with Crippen molar-refractivity contribution in [2.24, 2.45) is 0 Å². The summed E-state index contributed by atoms with van der Waals surface area (Å²) in [7, 11) is 1.59. The van der Waals surface area contributed by atoms with Gasteiger partial charge < -0.3 is 9.47 Å². The number of hydrogen-bond acceptors (Lipinski definition) is 5. The van der Waals surface area contributed by atoms with E-state index in [-0.39, 0.29) is 17.9 Å². The standard InChI is InChI=1S/C20H20N2O4/c1-3-12-22-19(23)17-7-5-4-6-16(17)18(21-22)20(24)26-13-14-8-10-15(25-2)11-9-14/h4-11H,3,12-13H2,1-2H3. The van der Waals surface area contributed by atoms with Crippen LogP contribution in [-0.4, -0.2) is 22.9 Å². The Morgan fingerprint density at radius 1 is 1.08 bits per heavy atom. The smallest absolute Gasteiger partial charge is 0.359 e. The molecule has 0 saturated carbocycles. The molecule has 2 aromatic carbocycles. The van der Waals surface area contributed by atoms with Crippen LogP contribution in [0.2, 0.25) is 0 Å². The molecule has 6 nitrogen and oxygen atoms in total. The first-order chi connectivity index (χ1) is 12.6. The number of carbonyl (C=O) groups is 1. The molecule has 0 fully saturated rings. The molecule has 0 N–H and O–H groups in total. The van der Waals surface area contributed by atoms with Gasteiger partial charge in [-0.15, -0.1) is 0 Å². The van der Waals surface area contributed by atoms with Gasteiger partial charge in [0.05, 0.1) is 12.5 Å². The van der Waals surface area contributed by atoms with E-state index in [0.29, 0.717) is 17.3 Å². The van der Waals surface area contributed by atoms with Gasteiger partial charge in [-0.3, -0.25) is 4.79 Å². The van der Waals surface area contributed by atoms with E-state index in [1.54, 1.807) is 43.5 Å². The summed E-state index contributed by atoms with van der Waals surface area (Å²) in [5.41, 5.74) is 0.793. The van der Waals surface area contributed by atoms with Crippen molar-refractivity contribution in [3.8, 4) is 5.75 Å². The molecule has 0 amide bonds. The van der Waals surface area contributed by atoms with Gasteiger partial charge in [-0.05, 0) is 30.2 Å². The van der Waals surface area contributed by atoms with Crippen molar-refractivity contribution >= 4 is 16.7 Å². The lowest BCUT2D eigenvalue weighted by Gasteiger charge is -2.10. The predicted molar refractivity (Wildman–Crippen MR) is 98.4 cm³/mol. The van der Waals surface area contributed by atoms with Crippen molar-refractivity contribution in [3.63, 3.8) is 0 Å². The molecule has 0 aliphatic rings. The number of ether oxygens (including phenoxy) is 2. The number of aryl methyl sites for hydroxylation is 1. The fourth-order valence-corrected chi connectivity index (χ4v) is 2.69. The van der Waals surface area contributed by atoms with Crippen LogP contribution in [0.4, 0.5) is 0 Å². The van der Waals surface area contributed by atoms with Crippen molar-refractivity contribution in [2.75, 3.05) is 7.11 Å². The van der Waals surface area contributed by atoms with Crippen molar-refractivity contribution in [1.82, 2.24) is 9.78 Å². The van der Waals surface area contributed by atoms with E-state index in [9.17, 15) is 9.59 Å². The molecule has 3 aromatic rings. The van der Waals surface area contributed by atoms with Crippen LogP contribution in [0, 0.1) is 0 Å². The summed E-state index contributed by atoms with van der Waals surface area (Å²) in [5.74, 6) is 0.182. The summed E-state index contributed by atoms with van der Waals surface area (Å²) >= 11 is 0. The highest BCUT2D eigenvalue weighted by Gasteiger charge is 2.17. The highest BCUT2D eigenvalue weighted by molar-refractivity contribution is 6.02. The van der Waals surface area contributed by atoms with E-state index >= 15 is 0 Å². The van der Waals surface area contributed by atoms with Gasteiger partial charge in [-0.25, -0.2) is 9.48 Å². The summed E-state index contributed by atoms with van der Waals surface area (Å²) < 4.78 is 11.8. The highest BCUT2D eigenvalue weighted by Crippen LogP contribution is 2.16. The van der Waals surface area contributed by atoms with Crippen molar-refractivity contribution in [3.05, 3.63) is 70.1 Å². The Morgan fingerprint density at radius 3 is 2.42 bits per heavy atom. The fourth-order valence-electron chi connectivity index (χ4n) is 2.69. The Kier molecular flexibility index (Phi) is 5.31. The average Bonchev–Trinajstić information content (AvgIpc) is 2.69. The Morgan fingerprint density at radius 2 is 1.77 bits per heavy atom. The first-order valence-electron chi connectivity index (χ1n) is 8.44. The third-order valence-corrected chi connectivity index (χ3v) is 4.03. The highest BCUT2D eigenvalue weighted by atomic mass is 16.5. The van der Waals surface area contributed by atoms with Gasteiger partial charge >= 0.3 is 5.97 Å². The number of hydrogen-bond donors (Lipinski definition) is 0. The van der Waals surface area contributed by atoms with E-state index < -0.39 is 5.97 Å². The van der Waals surface area contributed by atoms with Crippen LogP contribution in [0.1, 0.15) is 29.4 Å². The predicted octanol–water partition coefficient (Wildman–Crippen LogP) is 3.17. The largest absolute Gasteiger partial charge is 0.497 e. The molecular weight excluding hydrogens is 332 g/mol. The van der Waals surface area contributed by atoms with Gasteiger partial charge in [0, 0.05) is 11.9 Å². The van der Waals surface area contributed by atoms with Crippen LogP contribution >= 0.6 is 0 Å². The lowest BCUT2D eigenvalue weighted by Crippen LogP contribution is -2.26. The fraction of sp³-hybridized carbons (Fsp3) is 0.250. The van der Waals surface area contributed by atoms with Gasteiger partial charge in [0.15, 0.2) is 5.69 Å². The summed E-state index contributed by atoms with van der Waals surface area (Å²) in [4.78, 5) is 25.1. The first-order valence-corrected chi connectivity index (χ1v) is 8.44. The van der Waals surface area contributed by atoms with E-state index in [4.69, 9.17) is 9.47 Å². The molecule has 0 aliphatic heterocycles. The lowest BCUT2D eigenvalue weighted by molar-refractivity contribution is 0.0465. The van der Waals surface area contributed by atoms with Crippen LogP contribution < -0.4 is 10.3 Å². The summed E-state index contributed by atoms with van der Waals surface area (Å²) in [6.07, 6.45) is 0.742. The van der Waals surface area contributed by atoms with Crippen LogP contribution in [0.5, 0.6) is 5.75 Å². The normalized spacial score (nSPS) is 10.7. The number of carbonyl (C=O) groups excluding carboxylic acids is 1. The number of esters is 1. The Hall–Kier alpha value is -3.15. The van der Waals surface area contributed by atoms with Crippen LogP contribution in [-0.2, 0) is 17.9 Å². The van der Waals surface area contributed by atoms with Crippen molar-refractivity contribution in [1.29, 1.82) is 0 Å². The SMILES string of the molecule is CCCn1nc(C(=O)OCc2ccc(OC)cc2)c2ccccc2c1=O. The molecule has 134 valence electrons. The van der Waals surface area contributed by atoms with Crippen LogP contribution in [0.25, 0.3) is 10.8 Å². The summed E-state index contributed by atoms with van der Waals surface area (Å²) in [6, 6.07) is 14.2. The van der Waals surface area contributed by atoms with E-state index in [0.717, 1.165) is 17.7 Å². The second kappa shape index (κ2) is 7.82. The quantitative estimate of drug-likeness (QED) is 0.637. The monoisotopic (exact) mass is 352 g/mol. The van der Waals surface area contributed by atoms with Crippen molar-refractivity contribution in [2.45, 2.75) is 26.5 Å². The van der Waals surface area contributed by atoms with E-state index in [1.165, 1.54) is 4.68 Å². The number of benzene rings is 2. The molecule has 0 spiro atoms. The minimum atomic E-state index is -0.554. The topological polar surface area (TPSA) is 70.4 Å². The van der Waals surface area contributed by atoms with E-state index in [2.05, 4.69) is 5.10 Å². The lowest BCUT2D eigenvalue weighted by atomic mass is 10.1. The minimum Gasteiger partial charge on any atom is -0.497 e. The van der Waals surface area contributed by atoms with Gasteiger partial charge in [0.1, 0.15) is 12.4 Å². The van der Waals surface area contributed by atoms with Gasteiger partial charge in [0.25, 0.3) is 5.56 Å². The Bertz CT molecular complexity index is 977. The minimum absolute atomic E-state index is 0.117. The molecule has 1 aromatic heterocycles. The summed E-state index contributed by atoms with van der Waals surface area (Å²) in [5, 5.41) is 5.21. The number of fused-ring (bicyclic) bond motifs is 1. The first kappa shape index (κ1) is 17.7. The molecule has 26 heavy (non-hydrogen) atoms. The maximum Gasteiger partial charge on any atom is 0.359 e. The van der Waals surface area contributed by atoms with Gasteiger partial charge in [0.2, 0.25) is 0 Å². The third-order valence-electron chi connectivity index (χ3n) is 4.03. The molecule has 3 rings (SSSR count). The zero-order valence-electron chi connectivity index (χ0n) is 14.8. The van der Waals surface area contributed by atoms with Gasteiger partial charge in [-0.1, -0.05) is 37.3 Å². The Labute approximate surface area is 151 Å². The number of nitrogens with zero attached hydrogens (tertiary/aromatic N) is 2. The van der Waals surface area contributed by atoms with E-state index in [1.807, 2.05) is 19.1 Å². The van der Waals surface area contributed by atoms with Crippen molar-refractivity contribution < 1.29 is 14.3 Å². The molecule has 0 saturated heterocycles. The number of methoxy groups -OCH3 is 1. The molecule has 6 heteroatoms. The number of aromatic nitrogens is 2. The average molecular weight is 352 g/mol. The zero-order valence-corrected chi connectivity index (χ0v) is 14.8. The van der Waals surface area contributed by atoms with Gasteiger partial charge in [-0.2, -0.15) is 5.10 Å². The molecular formula is C20H20N2O4. The third kappa shape index (κ3) is 3.59. The maximum atomic E-state index is 12.6. The van der Waals surface area contributed by atoms with Crippen LogP contribution in [0.15, 0.2) is 53.3 Å². The Balaban J connectivity index is 1.89.